The van der Waals surface area contributed by atoms with Crippen LogP contribution in [-0.4, -0.2) is 76.6 Å². The summed E-state index contributed by atoms with van der Waals surface area (Å²) in [5.41, 5.74) is 0. The lowest BCUT2D eigenvalue weighted by atomic mass is 10.0. The summed E-state index contributed by atoms with van der Waals surface area (Å²) in [6.45, 7) is 19.0. The number of hydrogen-bond acceptors (Lipinski definition) is 4. The summed E-state index contributed by atoms with van der Waals surface area (Å²) in [5, 5.41) is 6.85. The van der Waals surface area contributed by atoms with Gasteiger partial charge < -0.3 is 20.1 Å². The molecule has 0 aliphatic carbocycles. The molecule has 0 aromatic carbocycles. The molecule has 0 amide bonds. The van der Waals surface area contributed by atoms with E-state index in [1.165, 1.54) is 0 Å². The normalized spacial score (nSPS) is 17.0. The lowest BCUT2D eigenvalue weighted by molar-refractivity contribution is 0.0203. The topological polar surface area (TPSA) is 58.1 Å². The largest absolute Gasteiger partial charge is 0.381 e. The molecule has 1 heterocycles. The summed E-state index contributed by atoms with van der Waals surface area (Å²) in [6.07, 6.45) is 7.12. The van der Waals surface area contributed by atoms with Crippen molar-refractivity contribution in [2.75, 3.05) is 59.7 Å². The first kappa shape index (κ1) is 24.7. The number of ether oxygens (including phenoxy) is 2. The molecule has 0 aromatic rings. The maximum atomic E-state index is 5.82. The fourth-order valence-corrected chi connectivity index (χ4v) is 3.43. The van der Waals surface area contributed by atoms with E-state index in [0.717, 1.165) is 77.8 Å². The Morgan fingerprint density at radius 2 is 1.89 bits per heavy atom. The molecular formula is C22H42N4O2. The molecule has 1 aliphatic rings. The van der Waals surface area contributed by atoms with Gasteiger partial charge in [0.2, 0.25) is 0 Å². The van der Waals surface area contributed by atoms with E-state index < -0.39 is 0 Å². The van der Waals surface area contributed by atoms with Crippen LogP contribution in [0.25, 0.3) is 0 Å². The quantitative estimate of drug-likeness (QED) is 0.205. The molecule has 0 aromatic heterocycles. The van der Waals surface area contributed by atoms with Crippen LogP contribution in [-0.2, 0) is 9.47 Å². The highest BCUT2D eigenvalue weighted by Crippen LogP contribution is 2.14. The Labute approximate surface area is 172 Å². The average molecular weight is 395 g/mol. The number of hydrogen-bond donors (Lipinski definition) is 2. The number of guanidine groups is 1. The van der Waals surface area contributed by atoms with Crippen LogP contribution in [0.4, 0.5) is 0 Å². The fraction of sp³-hybridized carbons (Fsp3) is 0.773. The molecule has 0 saturated carbocycles. The number of rotatable bonds is 14. The lowest BCUT2D eigenvalue weighted by Crippen LogP contribution is -2.49. The minimum Gasteiger partial charge on any atom is -0.381 e. The van der Waals surface area contributed by atoms with Crippen molar-refractivity contribution in [2.24, 2.45) is 16.8 Å². The second-order valence-electron chi connectivity index (χ2n) is 7.71. The zero-order valence-electron chi connectivity index (χ0n) is 18.3. The Hall–Kier alpha value is -1.37. The van der Waals surface area contributed by atoms with Gasteiger partial charge in [-0.1, -0.05) is 26.0 Å². The van der Waals surface area contributed by atoms with Crippen LogP contribution in [0.3, 0.4) is 0 Å². The predicted molar refractivity (Wildman–Crippen MR) is 119 cm³/mol. The summed E-state index contributed by atoms with van der Waals surface area (Å²) < 4.78 is 11.2. The second kappa shape index (κ2) is 15.5. The molecule has 1 atom stereocenters. The minimum atomic E-state index is 0.386. The molecule has 1 rings (SSSR count). The Balaban J connectivity index is 2.26. The monoisotopic (exact) mass is 394 g/mol. The highest BCUT2D eigenvalue weighted by atomic mass is 16.5. The first-order valence-electron chi connectivity index (χ1n) is 10.7. The Bertz CT molecular complexity index is 438. The highest BCUT2D eigenvalue weighted by molar-refractivity contribution is 5.79. The number of aliphatic imine (C=N–C) groups is 1. The third-order valence-electron chi connectivity index (χ3n) is 5.12. The van der Waals surface area contributed by atoms with E-state index in [2.05, 4.69) is 47.5 Å². The summed E-state index contributed by atoms with van der Waals surface area (Å²) in [6, 6.07) is 0.386. The van der Waals surface area contributed by atoms with E-state index in [0.29, 0.717) is 17.9 Å². The molecule has 1 saturated heterocycles. The maximum Gasteiger partial charge on any atom is 0.191 e. The third kappa shape index (κ3) is 10.2. The van der Waals surface area contributed by atoms with Gasteiger partial charge in [0.15, 0.2) is 5.96 Å². The van der Waals surface area contributed by atoms with Gasteiger partial charge in [0.05, 0.1) is 0 Å². The van der Waals surface area contributed by atoms with Gasteiger partial charge in [-0.2, -0.15) is 0 Å². The Kier molecular flexibility index (Phi) is 13.7. The van der Waals surface area contributed by atoms with Crippen molar-refractivity contribution in [1.29, 1.82) is 0 Å². The molecular weight excluding hydrogens is 352 g/mol. The van der Waals surface area contributed by atoms with Crippen LogP contribution in [0.5, 0.6) is 0 Å². The first-order valence-corrected chi connectivity index (χ1v) is 10.7. The Morgan fingerprint density at radius 1 is 1.21 bits per heavy atom. The standard InChI is InChI=1S/C22H42N4O2/c1-6-12-26(13-7-2)21(19(3)4)17-25-22(23-5)24-11-8-14-28-18-20-9-15-27-16-10-20/h6-7,19-21H,1-2,8-18H2,3-5H3,(H2,23,24,25). The molecule has 162 valence electrons. The van der Waals surface area contributed by atoms with Gasteiger partial charge in [-0.25, -0.2) is 0 Å². The molecule has 0 bridgehead atoms. The number of nitrogens with zero attached hydrogens (tertiary/aromatic N) is 2. The van der Waals surface area contributed by atoms with Crippen LogP contribution in [0.2, 0.25) is 0 Å². The van der Waals surface area contributed by atoms with Crippen molar-refractivity contribution in [1.82, 2.24) is 15.5 Å². The van der Waals surface area contributed by atoms with E-state index in [-0.39, 0.29) is 0 Å². The SMILES string of the molecule is C=CCN(CC=C)C(CNC(=NC)NCCCOCC1CCOCC1)C(C)C. The van der Waals surface area contributed by atoms with Crippen molar-refractivity contribution in [3.63, 3.8) is 0 Å². The molecule has 6 nitrogen and oxygen atoms in total. The van der Waals surface area contributed by atoms with Gasteiger partial charge in [-0.05, 0) is 31.1 Å². The molecule has 28 heavy (non-hydrogen) atoms. The molecule has 1 fully saturated rings. The van der Waals surface area contributed by atoms with Crippen LogP contribution < -0.4 is 10.6 Å². The lowest BCUT2D eigenvalue weighted by Gasteiger charge is -2.33. The minimum absolute atomic E-state index is 0.386. The van der Waals surface area contributed by atoms with Gasteiger partial charge in [-0.15, -0.1) is 13.2 Å². The van der Waals surface area contributed by atoms with Crippen molar-refractivity contribution in [3.8, 4) is 0 Å². The molecule has 1 unspecified atom stereocenters. The average Bonchev–Trinajstić information content (AvgIpc) is 2.70. The second-order valence-corrected chi connectivity index (χ2v) is 7.71. The molecule has 1 aliphatic heterocycles. The van der Waals surface area contributed by atoms with Gasteiger partial charge in [0.25, 0.3) is 0 Å². The molecule has 2 N–H and O–H groups in total. The van der Waals surface area contributed by atoms with Crippen molar-refractivity contribution in [3.05, 3.63) is 25.3 Å². The summed E-state index contributed by atoms with van der Waals surface area (Å²) >= 11 is 0. The van der Waals surface area contributed by atoms with Crippen LogP contribution in [0.15, 0.2) is 30.3 Å². The fourth-order valence-electron chi connectivity index (χ4n) is 3.43. The van der Waals surface area contributed by atoms with E-state index in [1.54, 1.807) is 0 Å². The summed E-state index contributed by atoms with van der Waals surface area (Å²) in [4.78, 5) is 6.73. The summed E-state index contributed by atoms with van der Waals surface area (Å²) in [5.74, 6) is 2.02. The molecule has 0 radical (unpaired) electrons. The van der Waals surface area contributed by atoms with Crippen molar-refractivity contribution in [2.45, 2.75) is 39.2 Å². The van der Waals surface area contributed by atoms with Crippen LogP contribution >= 0.6 is 0 Å². The van der Waals surface area contributed by atoms with Gasteiger partial charge in [-0.3, -0.25) is 9.89 Å². The van der Waals surface area contributed by atoms with Gasteiger partial charge >= 0.3 is 0 Å². The van der Waals surface area contributed by atoms with Crippen LogP contribution in [0, 0.1) is 11.8 Å². The van der Waals surface area contributed by atoms with Gasteiger partial charge in [0, 0.05) is 65.7 Å². The van der Waals surface area contributed by atoms with E-state index in [4.69, 9.17) is 9.47 Å². The number of nitrogens with one attached hydrogen (secondary N) is 2. The molecule has 6 heteroatoms. The summed E-state index contributed by atoms with van der Waals surface area (Å²) in [7, 11) is 1.81. The zero-order chi connectivity index (χ0) is 20.6. The first-order chi connectivity index (χ1) is 13.6. The van der Waals surface area contributed by atoms with E-state index in [9.17, 15) is 0 Å². The van der Waals surface area contributed by atoms with Crippen molar-refractivity contribution < 1.29 is 9.47 Å². The predicted octanol–water partition coefficient (Wildman–Crippen LogP) is 2.68. The molecule has 0 spiro atoms. The van der Waals surface area contributed by atoms with E-state index in [1.807, 2.05) is 19.2 Å². The zero-order valence-corrected chi connectivity index (χ0v) is 18.3. The highest BCUT2D eigenvalue weighted by Gasteiger charge is 2.20. The van der Waals surface area contributed by atoms with Crippen LogP contribution in [0.1, 0.15) is 33.1 Å². The maximum absolute atomic E-state index is 5.82. The third-order valence-corrected chi connectivity index (χ3v) is 5.12. The Morgan fingerprint density at radius 3 is 2.46 bits per heavy atom. The van der Waals surface area contributed by atoms with E-state index >= 15 is 0 Å². The van der Waals surface area contributed by atoms with Crippen molar-refractivity contribution >= 4 is 5.96 Å². The smallest absolute Gasteiger partial charge is 0.191 e. The van der Waals surface area contributed by atoms with Gasteiger partial charge in [0.1, 0.15) is 0 Å².